The first-order valence-electron chi connectivity index (χ1n) is 17.5. The summed E-state index contributed by atoms with van der Waals surface area (Å²) in [6, 6.07) is 15.2. The van der Waals surface area contributed by atoms with Gasteiger partial charge in [-0.25, -0.2) is 0 Å². The Hall–Kier alpha value is -1.95. The number of likely N-dealkylation sites (N-methyl/N-ethyl adjacent to an activating group) is 3. The SMILES string of the molecule is CN1CCN(c2cccc(N)c2N)CC1.CN1CCN(c2cccc([N+](=O)[O-])c2N)CC1.CN1CCNCC1.CO.Nc1cccc(Cl)c1[N+](=O)[O-].O=CO[O-].[H-].[K+].[K+]. The van der Waals surface area contributed by atoms with Crippen LogP contribution < -0.4 is 146 Å². The molecule has 0 aromatic heterocycles. The van der Waals surface area contributed by atoms with E-state index in [4.69, 9.17) is 49.7 Å². The number of nitrogens with one attached hydrogen (secondary N) is 1. The molecule has 10 N–H and O–H groups in total. The minimum Gasteiger partial charge on any atom is -1.00 e. The van der Waals surface area contributed by atoms with Gasteiger partial charge in [-0.1, -0.05) is 29.8 Å². The van der Waals surface area contributed by atoms with Crippen LogP contribution in [0.1, 0.15) is 1.43 Å². The maximum atomic E-state index is 10.8. The fourth-order valence-corrected chi connectivity index (χ4v) is 5.67. The van der Waals surface area contributed by atoms with Crippen molar-refractivity contribution in [3.63, 3.8) is 0 Å². The molecule has 0 unspecified atom stereocenters. The van der Waals surface area contributed by atoms with Gasteiger partial charge in [-0.3, -0.25) is 25.0 Å². The first kappa shape index (κ1) is 58.1. The van der Waals surface area contributed by atoms with E-state index < -0.39 is 9.85 Å². The number of piperazine rings is 3. The topological polar surface area (TPSA) is 288 Å². The summed E-state index contributed by atoms with van der Waals surface area (Å²) < 4.78 is 0. The largest absolute Gasteiger partial charge is 1.00 e. The van der Waals surface area contributed by atoms with Gasteiger partial charge < -0.3 is 69.4 Å². The van der Waals surface area contributed by atoms with Gasteiger partial charge in [-0.2, -0.15) is 0 Å². The number of carbonyl (C=O) groups excluding carboxylic acids is 1. The Balaban J connectivity index is -0.000000688. The van der Waals surface area contributed by atoms with Crippen molar-refractivity contribution >= 4 is 63.6 Å². The Morgan fingerprint density at radius 3 is 1.45 bits per heavy atom. The number of nitrogens with two attached hydrogens (primary N) is 4. The summed E-state index contributed by atoms with van der Waals surface area (Å²) in [5.41, 5.74) is 26.2. The van der Waals surface area contributed by atoms with Crippen LogP contribution in [0.3, 0.4) is 0 Å². The predicted molar refractivity (Wildman–Crippen MR) is 221 cm³/mol. The van der Waals surface area contributed by atoms with Gasteiger partial charge in [-0.15, -0.1) is 0 Å². The number of rotatable bonds is 5. The van der Waals surface area contributed by atoms with E-state index in [1.54, 1.807) is 12.1 Å². The smallest absolute Gasteiger partial charge is 1.00 e. The molecule has 3 heterocycles. The number of carbonyl (C=O) groups is 1. The number of para-hydroxylation sites is 3. The third-order valence-electron chi connectivity index (χ3n) is 8.64. The van der Waals surface area contributed by atoms with Crippen molar-refractivity contribution in [3.8, 4) is 0 Å². The van der Waals surface area contributed by atoms with E-state index in [0.29, 0.717) is 11.4 Å². The number of nitro benzene ring substituents is 2. The van der Waals surface area contributed by atoms with Crippen LogP contribution in [0, 0.1) is 20.2 Å². The second kappa shape index (κ2) is 32.8. The molecule has 3 aliphatic rings. The second-order valence-electron chi connectivity index (χ2n) is 12.5. The minimum absolute atomic E-state index is 0. The van der Waals surface area contributed by atoms with E-state index in [2.05, 4.69) is 55.8 Å². The van der Waals surface area contributed by atoms with Gasteiger partial charge in [0.05, 0.1) is 32.6 Å². The van der Waals surface area contributed by atoms with Gasteiger partial charge in [0.15, 0.2) is 0 Å². The molecular weight excluding hydrogens is 830 g/mol. The number of halogens is 1. The van der Waals surface area contributed by atoms with Crippen molar-refractivity contribution in [1.29, 1.82) is 0 Å². The van der Waals surface area contributed by atoms with Crippen LogP contribution in [0.5, 0.6) is 0 Å². The van der Waals surface area contributed by atoms with E-state index in [1.807, 2.05) is 24.3 Å². The maximum absolute atomic E-state index is 10.8. The summed E-state index contributed by atoms with van der Waals surface area (Å²) in [7, 11) is 7.36. The van der Waals surface area contributed by atoms with Crippen LogP contribution in [0.15, 0.2) is 54.6 Å². The molecule has 0 saturated carbocycles. The summed E-state index contributed by atoms with van der Waals surface area (Å²) in [5.74, 6) is 0. The van der Waals surface area contributed by atoms with Gasteiger partial charge in [0, 0.05) is 91.7 Å². The van der Waals surface area contributed by atoms with Crippen LogP contribution in [-0.2, 0) is 9.68 Å². The van der Waals surface area contributed by atoms with E-state index >= 15 is 0 Å². The minimum atomic E-state index is -0.600. The van der Waals surface area contributed by atoms with Gasteiger partial charge in [0.25, 0.3) is 12.2 Å². The van der Waals surface area contributed by atoms with Gasteiger partial charge >= 0.3 is 108 Å². The van der Waals surface area contributed by atoms with Crippen molar-refractivity contribution in [1.82, 2.24) is 20.0 Å². The average Bonchev–Trinajstić information content (AvgIpc) is 3.18. The van der Waals surface area contributed by atoms with Gasteiger partial charge in [0.1, 0.15) is 16.4 Å². The molecule has 23 heteroatoms. The van der Waals surface area contributed by atoms with Crippen LogP contribution in [0.25, 0.3) is 0 Å². The average molecular weight is 888 g/mol. The third kappa shape index (κ3) is 21.0. The molecule has 3 saturated heterocycles. The number of aliphatic hydroxyl groups is 1. The number of hydrogen-bond donors (Lipinski definition) is 6. The molecule has 6 rings (SSSR count). The van der Waals surface area contributed by atoms with E-state index in [0.717, 1.165) is 83.9 Å². The first-order valence-corrected chi connectivity index (χ1v) is 17.9. The molecule has 20 nitrogen and oxygen atoms in total. The summed E-state index contributed by atoms with van der Waals surface area (Å²) in [6.07, 6.45) is 0. The fourth-order valence-electron chi connectivity index (χ4n) is 5.42. The third-order valence-corrected chi connectivity index (χ3v) is 8.95. The Kier molecular flexibility index (Phi) is 32.9. The maximum Gasteiger partial charge on any atom is 1.00 e. The Morgan fingerprint density at radius 2 is 1.09 bits per heavy atom. The second-order valence-corrected chi connectivity index (χ2v) is 12.9. The quantitative estimate of drug-likeness (QED) is 0.0349. The number of hydrogen-bond acceptors (Lipinski definition) is 18. The Bertz CT molecular complexity index is 1620. The number of anilines is 6. The summed E-state index contributed by atoms with van der Waals surface area (Å²) in [4.78, 5) is 42.6. The zero-order valence-electron chi connectivity index (χ0n) is 35.4. The van der Waals surface area contributed by atoms with Crippen LogP contribution in [0.2, 0.25) is 5.02 Å². The molecule has 0 amide bonds. The number of aliphatic hydroxyl groups excluding tert-OH is 1. The molecule has 0 radical (unpaired) electrons. The molecule has 58 heavy (non-hydrogen) atoms. The molecule has 314 valence electrons. The van der Waals surface area contributed by atoms with Crippen molar-refractivity contribution in [2.45, 2.75) is 0 Å². The van der Waals surface area contributed by atoms with Gasteiger partial charge in [0.2, 0.25) is 0 Å². The zero-order valence-corrected chi connectivity index (χ0v) is 41.4. The van der Waals surface area contributed by atoms with Crippen molar-refractivity contribution in [2.75, 3.05) is 140 Å². The number of benzene rings is 3. The molecular formula is C35H57ClK2N12O8. The van der Waals surface area contributed by atoms with Crippen molar-refractivity contribution in [2.24, 2.45) is 0 Å². The van der Waals surface area contributed by atoms with E-state index in [9.17, 15) is 20.2 Å². The van der Waals surface area contributed by atoms with Crippen molar-refractivity contribution < 1.29 is 134 Å². The monoisotopic (exact) mass is 886 g/mol. The van der Waals surface area contributed by atoms with E-state index in [1.165, 1.54) is 31.3 Å². The van der Waals surface area contributed by atoms with E-state index in [-0.39, 0.29) is 138 Å². The molecule has 3 aromatic rings. The molecule has 0 aliphatic carbocycles. The van der Waals surface area contributed by atoms with Crippen LogP contribution >= 0.6 is 11.6 Å². The summed E-state index contributed by atoms with van der Waals surface area (Å²) in [5, 5.41) is 39.9. The Labute approximate surface area is 431 Å². The fraction of sp³-hybridized carbons (Fsp3) is 0.457. The zero-order chi connectivity index (χ0) is 42.2. The number of nitrogens with zero attached hydrogens (tertiary/aromatic N) is 7. The summed E-state index contributed by atoms with van der Waals surface area (Å²) in [6.45, 7) is 12.3. The summed E-state index contributed by atoms with van der Waals surface area (Å²) >= 11 is 5.50. The molecule has 0 spiro atoms. The molecule has 0 bridgehead atoms. The number of nitro groups is 2. The first-order chi connectivity index (χ1) is 26.7. The Morgan fingerprint density at radius 1 is 0.690 bits per heavy atom. The predicted octanol–water partition coefficient (Wildman–Crippen LogP) is -4.95. The standard InChI is InChI=1S/C11H16N4O2.C11H18N4.C6H5ClN2O2.C5H12N2.CH2O3.CH4O.2K.H/c1-13-5-7-14(8-6-13)9-3-2-4-10(11(9)12)15(16)17;1-14-5-7-15(8-6-14)10-4-2-3-9(12)11(10)13;7-4-2-1-3-5(8)6(4)9(10)11;1-7-4-2-6-3-5-7;2-1-4-3;1-2;;;/h2-4H,5-8,12H2,1H3;2-4H,5-8,12-13H2,1H3;1-3H,8H2;6H,2-5H2,1H3;1,3H;2H,1H3;;;/q;;;;;;2*+1;-1/p-1. The molecule has 0 atom stereocenters. The van der Waals surface area contributed by atoms with Crippen LogP contribution in [0.4, 0.5) is 45.5 Å². The number of nitrogen functional groups attached to an aromatic ring is 4. The van der Waals surface area contributed by atoms with Crippen molar-refractivity contribution in [3.05, 3.63) is 79.8 Å². The molecule has 3 aliphatic heterocycles. The normalized spacial score (nSPS) is 15.0. The van der Waals surface area contributed by atoms with Gasteiger partial charge in [-0.05, 0) is 51.5 Å². The molecule has 3 fully saturated rings. The molecule has 3 aromatic carbocycles. The van der Waals surface area contributed by atoms with Crippen LogP contribution in [-0.4, -0.2) is 143 Å².